The van der Waals surface area contributed by atoms with Crippen LogP contribution in [0.15, 0.2) is 12.1 Å². The van der Waals surface area contributed by atoms with E-state index in [1.165, 1.54) is 0 Å². The maximum absolute atomic E-state index is 13.7. The zero-order chi connectivity index (χ0) is 14.3. The molecule has 1 aromatic rings. The van der Waals surface area contributed by atoms with Gasteiger partial charge in [-0.3, -0.25) is 4.79 Å². The van der Waals surface area contributed by atoms with Crippen LogP contribution in [-0.2, 0) is 0 Å². The van der Waals surface area contributed by atoms with Crippen LogP contribution in [0.2, 0.25) is 0 Å². The molecular formula is C15H16F3NO. The SMILES string of the molecule is O=C(c1cc(F)c(F)cc1F)C1CC2CCCC(C1)N2. The smallest absolute Gasteiger partial charge is 0.169 e. The summed E-state index contributed by atoms with van der Waals surface area (Å²) in [6, 6.07) is 1.70. The molecule has 0 amide bonds. The van der Waals surface area contributed by atoms with Crippen molar-refractivity contribution < 1.29 is 18.0 Å². The molecule has 2 atom stereocenters. The molecule has 0 spiro atoms. The molecule has 2 unspecified atom stereocenters. The number of nitrogens with one attached hydrogen (secondary N) is 1. The van der Waals surface area contributed by atoms with Gasteiger partial charge in [-0.1, -0.05) is 6.42 Å². The van der Waals surface area contributed by atoms with E-state index in [1.54, 1.807) is 0 Å². The van der Waals surface area contributed by atoms with Crippen molar-refractivity contribution in [3.63, 3.8) is 0 Å². The van der Waals surface area contributed by atoms with E-state index in [0.29, 0.717) is 25.0 Å². The summed E-state index contributed by atoms with van der Waals surface area (Å²) in [6.45, 7) is 0. The third kappa shape index (κ3) is 2.46. The van der Waals surface area contributed by atoms with Crippen LogP contribution in [0, 0.1) is 23.4 Å². The second-order valence-corrected chi connectivity index (χ2v) is 5.77. The molecule has 2 nitrogen and oxygen atoms in total. The average Bonchev–Trinajstić information content (AvgIpc) is 2.41. The standard InChI is InChI=1S/C15H16F3NO/c16-12-7-14(18)13(17)6-11(12)15(20)8-4-9-2-1-3-10(5-8)19-9/h6-10,19H,1-5H2. The van der Waals surface area contributed by atoms with E-state index >= 15 is 0 Å². The van der Waals surface area contributed by atoms with Gasteiger partial charge in [0.25, 0.3) is 0 Å². The summed E-state index contributed by atoms with van der Waals surface area (Å²) in [5, 5.41) is 3.44. The number of rotatable bonds is 2. The highest BCUT2D eigenvalue weighted by Crippen LogP contribution is 2.32. The number of hydrogen-bond donors (Lipinski definition) is 1. The summed E-state index contributed by atoms with van der Waals surface area (Å²) in [4.78, 5) is 12.4. The van der Waals surface area contributed by atoms with Crippen molar-refractivity contribution in [3.8, 4) is 0 Å². The maximum Gasteiger partial charge on any atom is 0.169 e. The summed E-state index contributed by atoms with van der Waals surface area (Å²) in [7, 11) is 0. The number of ketones is 1. The van der Waals surface area contributed by atoms with Crippen molar-refractivity contribution >= 4 is 5.78 Å². The monoisotopic (exact) mass is 283 g/mol. The minimum atomic E-state index is -1.26. The van der Waals surface area contributed by atoms with Crippen molar-refractivity contribution in [1.29, 1.82) is 0 Å². The highest BCUT2D eigenvalue weighted by molar-refractivity contribution is 5.98. The fraction of sp³-hybridized carbons (Fsp3) is 0.533. The van der Waals surface area contributed by atoms with Crippen molar-refractivity contribution in [2.45, 2.75) is 44.2 Å². The molecule has 1 aromatic carbocycles. The fourth-order valence-corrected chi connectivity index (χ4v) is 3.41. The number of hydrogen-bond acceptors (Lipinski definition) is 2. The zero-order valence-electron chi connectivity index (χ0n) is 11.0. The quantitative estimate of drug-likeness (QED) is 0.667. The van der Waals surface area contributed by atoms with E-state index in [-0.39, 0.29) is 23.6 Å². The molecule has 3 rings (SSSR count). The first kappa shape index (κ1) is 13.6. The van der Waals surface area contributed by atoms with E-state index in [0.717, 1.165) is 19.3 Å². The highest BCUT2D eigenvalue weighted by atomic mass is 19.2. The highest BCUT2D eigenvalue weighted by Gasteiger charge is 2.35. The lowest BCUT2D eigenvalue weighted by Gasteiger charge is -2.39. The number of benzene rings is 1. The molecule has 0 aliphatic carbocycles. The lowest BCUT2D eigenvalue weighted by atomic mass is 9.77. The molecular weight excluding hydrogens is 267 g/mol. The molecule has 20 heavy (non-hydrogen) atoms. The molecule has 2 fully saturated rings. The fourth-order valence-electron chi connectivity index (χ4n) is 3.41. The molecule has 108 valence electrons. The van der Waals surface area contributed by atoms with Gasteiger partial charge in [0.1, 0.15) is 5.82 Å². The normalized spacial score (nSPS) is 29.2. The van der Waals surface area contributed by atoms with Gasteiger partial charge in [-0.05, 0) is 31.7 Å². The van der Waals surface area contributed by atoms with E-state index in [4.69, 9.17) is 0 Å². The number of halogens is 3. The molecule has 2 saturated heterocycles. The minimum Gasteiger partial charge on any atom is -0.311 e. The van der Waals surface area contributed by atoms with Gasteiger partial charge >= 0.3 is 0 Å². The van der Waals surface area contributed by atoms with Gasteiger partial charge in [0.2, 0.25) is 0 Å². The summed E-state index contributed by atoms with van der Waals surface area (Å²) in [6.07, 6.45) is 4.46. The molecule has 0 saturated carbocycles. The third-order valence-electron chi connectivity index (χ3n) is 4.36. The van der Waals surface area contributed by atoms with Gasteiger partial charge < -0.3 is 5.32 Å². The predicted octanol–water partition coefficient (Wildman–Crippen LogP) is 3.21. The summed E-state index contributed by atoms with van der Waals surface area (Å²) >= 11 is 0. The third-order valence-corrected chi connectivity index (χ3v) is 4.36. The Morgan fingerprint density at radius 1 is 1.00 bits per heavy atom. The van der Waals surface area contributed by atoms with E-state index in [1.807, 2.05) is 0 Å². The number of fused-ring (bicyclic) bond motifs is 2. The molecule has 2 bridgehead atoms. The van der Waals surface area contributed by atoms with E-state index in [9.17, 15) is 18.0 Å². The number of piperidine rings is 2. The molecule has 1 N–H and O–H groups in total. The molecule has 2 aliphatic heterocycles. The van der Waals surface area contributed by atoms with Crippen LogP contribution in [0.4, 0.5) is 13.2 Å². The lowest BCUT2D eigenvalue weighted by Crippen LogP contribution is -2.50. The van der Waals surface area contributed by atoms with E-state index < -0.39 is 23.2 Å². The minimum absolute atomic E-state index is 0.282. The Balaban J connectivity index is 1.84. The Morgan fingerprint density at radius 3 is 2.25 bits per heavy atom. The Morgan fingerprint density at radius 2 is 1.60 bits per heavy atom. The molecule has 2 aliphatic rings. The van der Waals surface area contributed by atoms with E-state index in [2.05, 4.69) is 5.32 Å². The van der Waals surface area contributed by atoms with Crippen LogP contribution >= 0.6 is 0 Å². The van der Waals surface area contributed by atoms with Gasteiger partial charge in [-0.15, -0.1) is 0 Å². The zero-order valence-corrected chi connectivity index (χ0v) is 11.0. The van der Waals surface area contributed by atoms with Crippen molar-refractivity contribution in [2.75, 3.05) is 0 Å². The second kappa shape index (κ2) is 5.20. The van der Waals surface area contributed by atoms with Crippen molar-refractivity contribution in [3.05, 3.63) is 35.1 Å². The van der Waals surface area contributed by atoms with Gasteiger partial charge in [-0.25, -0.2) is 13.2 Å². The Hall–Kier alpha value is -1.36. The van der Waals surface area contributed by atoms with Crippen molar-refractivity contribution in [1.82, 2.24) is 5.32 Å². The summed E-state index contributed by atoms with van der Waals surface area (Å²) in [5.74, 6) is -4.12. The number of carbonyl (C=O) groups excluding carboxylic acids is 1. The Bertz CT molecular complexity index is 534. The van der Waals surface area contributed by atoms with Gasteiger partial charge in [-0.2, -0.15) is 0 Å². The van der Waals surface area contributed by atoms with Crippen LogP contribution in [0.25, 0.3) is 0 Å². The van der Waals surface area contributed by atoms with Crippen LogP contribution in [0.5, 0.6) is 0 Å². The summed E-state index contributed by atoms with van der Waals surface area (Å²) in [5.41, 5.74) is -0.325. The molecule has 5 heteroatoms. The lowest BCUT2D eigenvalue weighted by molar-refractivity contribution is 0.0820. The Kier molecular flexibility index (Phi) is 3.54. The molecule has 0 radical (unpaired) electrons. The van der Waals surface area contributed by atoms with Crippen LogP contribution in [0.3, 0.4) is 0 Å². The number of Topliss-reactive ketones (excluding diaryl/α,β-unsaturated/α-hetero) is 1. The van der Waals surface area contributed by atoms with Crippen molar-refractivity contribution in [2.24, 2.45) is 5.92 Å². The van der Waals surface area contributed by atoms with Gasteiger partial charge in [0, 0.05) is 24.1 Å². The largest absolute Gasteiger partial charge is 0.311 e. The first-order valence-electron chi connectivity index (χ1n) is 6.99. The molecule has 2 heterocycles. The average molecular weight is 283 g/mol. The topological polar surface area (TPSA) is 29.1 Å². The first-order chi connectivity index (χ1) is 9.54. The van der Waals surface area contributed by atoms with Gasteiger partial charge in [0.15, 0.2) is 17.4 Å². The summed E-state index contributed by atoms with van der Waals surface area (Å²) < 4.78 is 39.8. The van der Waals surface area contributed by atoms with Crippen LogP contribution in [0.1, 0.15) is 42.5 Å². The first-order valence-corrected chi connectivity index (χ1v) is 6.99. The van der Waals surface area contributed by atoms with Gasteiger partial charge in [0.05, 0.1) is 5.56 Å². The van der Waals surface area contributed by atoms with Crippen LogP contribution < -0.4 is 5.32 Å². The number of carbonyl (C=O) groups is 1. The maximum atomic E-state index is 13.7. The molecule has 0 aromatic heterocycles. The Labute approximate surface area is 115 Å². The van der Waals surface area contributed by atoms with Crippen LogP contribution in [-0.4, -0.2) is 17.9 Å². The second-order valence-electron chi connectivity index (χ2n) is 5.77. The predicted molar refractivity (Wildman–Crippen MR) is 67.9 cm³/mol.